The lowest BCUT2D eigenvalue weighted by Gasteiger charge is -2.03. The predicted molar refractivity (Wildman–Crippen MR) is 74.8 cm³/mol. The molecule has 0 unspecified atom stereocenters. The molecule has 0 aliphatic heterocycles. The minimum atomic E-state index is -0.127. The maximum absolute atomic E-state index is 11.7. The highest BCUT2D eigenvalue weighted by Crippen LogP contribution is 2.35. The Morgan fingerprint density at radius 3 is 2.65 bits per heavy atom. The van der Waals surface area contributed by atoms with Crippen molar-refractivity contribution in [3.05, 3.63) is 53.2 Å². The summed E-state index contributed by atoms with van der Waals surface area (Å²) in [7, 11) is 1.69. The Kier molecular flexibility index (Phi) is 2.83. The molecular formula is C14H12N4O2. The van der Waals surface area contributed by atoms with Gasteiger partial charge in [-0.25, -0.2) is 0 Å². The molecule has 0 saturated heterocycles. The number of aryl methyl sites for hydroxylation is 1. The Balaban J connectivity index is 2.21. The monoisotopic (exact) mass is 268 g/mol. The molecular weight excluding hydrogens is 256 g/mol. The quantitative estimate of drug-likeness (QED) is 0.764. The molecule has 3 aromatic heterocycles. The lowest BCUT2D eigenvalue weighted by molar-refractivity contribution is 0.436. The summed E-state index contributed by atoms with van der Waals surface area (Å²) in [5.41, 5.74) is 7.90. The van der Waals surface area contributed by atoms with Gasteiger partial charge in [-0.05, 0) is 23.8 Å². The zero-order valence-corrected chi connectivity index (χ0v) is 10.8. The highest BCUT2D eigenvalue weighted by atomic mass is 16.5. The highest BCUT2D eigenvalue weighted by Gasteiger charge is 2.17. The van der Waals surface area contributed by atoms with E-state index in [-0.39, 0.29) is 11.4 Å². The van der Waals surface area contributed by atoms with E-state index >= 15 is 0 Å². The minimum Gasteiger partial charge on any atom is -0.380 e. The maximum Gasteiger partial charge on any atom is 0.250 e. The molecule has 0 spiro atoms. The van der Waals surface area contributed by atoms with Crippen molar-refractivity contribution in [2.75, 3.05) is 5.73 Å². The summed E-state index contributed by atoms with van der Waals surface area (Å²) in [6, 6.07) is 6.90. The van der Waals surface area contributed by atoms with E-state index in [1.807, 2.05) is 12.1 Å². The summed E-state index contributed by atoms with van der Waals surface area (Å²) >= 11 is 0. The number of rotatable bonds is 2. The van der Waals surface area contributed by atoms with Gasteiger partial charge < -0.3 is 14.8 Å². The van der Waals surface area contributed by atoms with Gasteiger partial charge in [-0.15, -0.1) is 0 Å². The lowest BCUT2D eigenvalue weighted by atomic mass is 10.0. The summed E-state index contributed by atoms with van der Waals surface area (Å²) < 4.78 is 6.77. The summed E-state index contributed by atoms with van der Waals surface area (Å²) in [5, 5.41) is 3.79. The van der Waals surface area contributed by atoms with Crippen LogP contribution in [0.4, 0.5) is 5.82 Å². The van der Waals surface area contributed by atoms with Crippen LogP contribution in [0.2, 0.25) is 0 Å². The van der Waals surface area contributed by atoms with E-state index in [1.54, 1.807) is 31.7 Å². The van der Waals surface area contributed by atoms with Gasteiger partial charge in [-0.1, -0.05) is 5.16 Å². The zero-order valence-electron chi connectivity index (χ0n) is 10.8. The summed E-state index contributed by atoms with van der Waals surface area (Å²) in [5.74, 6) is 0.762. The molecule has 0 fully saturated rings. The Labute approximate surface area is 114 Å². The van der Waals surface area contributed by atoms with Crippen molar-refractivity contribution >= 4 is 5.82 Å². The molecule has 3 aromatic rings. The molecule has 6 nitrogen and oxygen atoms in total. The highest BCUT2D eigenvalue weighted by molar-refractivity contribution is 5.86. The van der Waals surface area contributed by atoms with Crippen LogP contribution < -0.4 is 11.3 Å². The molecule has 3 heterocycles. The van der Waals surface area contributed by atoms with Crippen molar-refractivity contribution in [3.8, 4) is 22.5 Å². The van der Waals surface area contributed by atoms with Crippen LogP contribution in [0.3, 0.4) is 0 Å². The number of pyridine rings is 2. The van der Waals surface area contributed by atoms with Gasteiger partial charge in [0.25, 0.3) is 5.56 Å². The van der Waals surface area contributed by atoms with E-state index in [9.17, 15) is 4.79 Å². The van der Waals surface area contributed by atoms with Crippen LogP contribution in [0.15, 0.2) is 52.2 Å². The number of anilines is 1. The van der Waals surface area contributed by atoms with E-state index in [2.05, 4.69) is 10.1 Å². The fourth-order valence-electron chi connectivity index (χ4n) is 1.99. The zero-order chi connectivity index (χ0) is 14.1. The first-order valence-corrected chi connectivity index (χ1v) is 5.99. The summed E-state index contributed by atoms with van der Waals surface area (Å²) in [6.07, 6.45) is 5.00. The third kappa shape index (κ3) is 1.97. The van der Waals surface area contributed by atoms with Crippen molar-refractivity contribution in [1.82, 2.24) is 14.7 Å². The van der Waals surface area contributed by atoms with Crippen LogP contribution >= 0.6 is 0 Å². The van der Waals surface area contributed by atoms with Crippen LogP contribution in [-0.2, 0) is 7.05 Å². The smallest absolute Gasteiger partial charge is 0.250 e. The Morgan fingerprint density at radius 2 is 1.95 bits per heavy atom. The third-order valence-corrected chi connectivity index (χ3v) is 3.05. The van der Waals surface area contributed by atoms with Crippen molar-refractivity contribution < 1.29 is 4.52 Å². The first-order chi connectivity index (χ1) is 9.66. The van der Waals surface area contributed by atoms with Crippen molar-refractivity contribution in [1.29, 1.82) is 0 Å². The Bertz CT molecular complexity index is 806. The van der Waals surface area contributed by atoms with Gasteiger partial charge in [0.2, 0.25) is 0 Å². The van der Waals surface area contributed by atoms with E-state index in [0.717, 1.165) is 5.56 Å². The van der Waals surface area contributed by atoms with Gasteiger partial charge >= 0.3 is 0 Å². The Hall–Kier alpha value is -2.89. The van der Waals surface area contributed by atoms with E-state index in [1.165, 1.54) is 10.6 Å². The second-order valence-corrected chi connectivity index (χ2v) is 4.37. The fraction of sp³-hybridized carbons (Fsp3) is 0.0714. The van der Waals surface area contributed by atoms with Crippen LogP contribution in [0, 0.1) is 0 Å². The molecule has 0 aliphatic rings. The van der Waals surface area contributed by atoms with Gasteiger partial charge in [0.05, 0.1) is 5.56 Å². The van der Waals surface area contributed by atoms with Crippen LogP contribution in [0.1, 0.15) is 0 Å². The average Bonchev–Trinajstić information content (AvgIpc) is 2.85. The average molecular weight is 268 g/mol. The molecule has 0 radical (unpaired) electrons. The van der Waals surface area contributed by atoms with Crippen molar-refractivity contribution in [2.45, 2.75) is 0 Å². The summed E-state index contributed by atoms with van der Waals surface area (Å²) in [4.78, 5) is 15.7. The molecule has 0 amide bonds. The molecule has 2 N–H and O–H groups in total. The van der Waals surface area contributed by atoms with Crippen LogP contribution in [0.25, 0.3) is 22.5 Å². The largest absolute Gasteiger partial charge is 0.380 e. The van der Waals surface area contributed by atoms with E-state index in [0.29, 0.717) is 16.9 Å². The van der Waals surface area contributed by atoms with E-state index in [4.69, 9.17) is 10.3 Å². The van der Waals surface area contributed by atoms with Gasteiger partial charge in [0.1, 0.15) is 0 Å². The number of nitrogens with zero attached hydrogens (tertiary/aromatic N) is 3. The molecule has 20 heavy (non-hydrogen) atoms. The minimum absolute atomic E-state index is 0.127. The number of aromatic nitrogens is 3. The second kappa shape index (κ2) is 4.65. The molecule has 0 aliphatic carbocycles. The first-order valence-electron chi connectivity index (χ1n) is 5.99. The fourth-order valence-corrected chi connectivity index (χ4v) is 1.99. The molecule has 0 saturated carbocycles. The predicted octanol–water partition coefficient (Wildman–Crippen LogP) is 1.68. The lowest BCUT2D eigenvalue weighted by Crippen LogP contribution is -2.14. The van der Waals surface area contributed by atoms with Crippen molar-refractivity contribution in [3.63, 3.8) is 0 Å². The molecule has 3 rings (SSSR count). The molecule has 6 heteroatoms. The molecule has 0 aromatic carbocycles. The van der Waals surface area contributed by atoms with E-state index < -0.39 is 0 Å². The number of nitrogens with two attached hydrogens (primary N) is 1. The van der Waals surface area contributed by atoms with Crippen LogP contribution in [0.5, 0.6) is 0 Å². The van der Waals surface area contributed by atoms with Gasteiger partial charge in [0, 0.05) is 37.3 Å². The molecule has 0 bridgehead atoms. The number of hydrogen-bond acceptors (Lipinski definition) is 5. The SMILES string of the molecule is Cn1ccc(-c2onc(N)c2-c2ccncc2)cc1=O. The molecule has 0 atom stereocenters. The number of nitrogen functional groups attached to an aromatic ring is 1. The van der Waals surface area contributed by atoms with Crippen LogP contribution in [-0.4, -0.2) is 14.7 Å². The standard InChI is InChI=1S/C14H12N4O2/c1-18-7-4-10(8-11(18)19)13-12(14(15)17-20-13)9-2-5-16-6-3-9/h2-8H,1H3,(H2,15,17). The summed E-state index contributed by atoms with van der Waals surface area (Å²) in [6.45, 7) is 0. The first kappa shape index (κ1) is 12.2. The van der Waals surface area contributed by atoms with Gasteiger partial charge in [-0.3, -0.25) is 9.78 Å². The normalized spacial score (nSPS) is 10.7. The molecule has 100 valence electrons. The van der Waals surface area contributed by atoms with Gasteiger partial charge in [-0.2, -0.15) is 0 Å². The van der Waals surface area contributed by atoms with Gasteiger partial charge in [0.15, 0.2) is 11.6 Å². The number of hydrogen-bond donors (Lipinski definition) is 1. The maximum atomic E-state index is 11.7. The Morgan fingerprint density at radius 1 is 1.20 bits per heavy atom. The third-order valence-electron chi connectivity index (χ3n) is 3.05. The second-order valence-electron chi connectivity index (χ2n) is 4.37. The van der Waals surface area contributed by atoms with Crippen molar-refractivity contribution in [2.24, 2.45) is 7.05 Å². The topological polar surface area (TPSA) is 86.9 Å².